The predicted molar refractivity (Wildman–Crippen MR) is 261 cm³/mol. The van der Waals surface area contributed by atoms with Crippen molar-refractivity contribution in [3.63, 3.8) is 0 Å². The number of benzene rings is 2. The van der Waals surface area contributed by atoms with Crippen molar-refractivity contribution in [3.05, 3.63) is 75.9 Å². The van der Waals surface area contributed by atoms with E-state index in [0.717, 1.165) is 16.4 Å². The number of carboxylic acid groups (broad SMARTS) is 1. The molecule has 4 rings (SSSR count). The number of Topliss-reactive ketones (excluding diaryl/α,β-unsaturated/α-hetero) is 1. The van der Waals surface area contributed by atoms with Crippen molar-refractivity contribution >= 4 is 51.1 Å². The van der Waals surface area contributed by atoms with Gasteiger partial charge in [-0.05, 0) is 99.4 Å². The summed E-state index contributed by atoms with van der Waals surface area (Å²) in [6.45, 7) is 7.48. The summed E-state index contributed by atoms with van der Waals surface area (Å²) in [5.41, 5.74) is 12.4. The molecule has 2 aromatic rings. The van der Waals surface area contributed by atoms with Crippen LogP contribution in [-0.4, -0.2) is 125 Å². The number of amides is 4. The molecule has 2 aliphatic heterocycles. The number of nitrogens with zero attached hydrogens (tertiary/aromatic N) is 3. The molecule has 7 atom stereocenters. The highest BCUT2D eigenvalue weighted by Gasteiger charge is 2.40. The van der Waals surface area contributed by atoms with E-state index >= 15 is 0 Å². The number of hydrogen-bond donors (Lipinski definition) is 7. The van der Waals surface area contributed by atoms with E-state index in [4.69, 9.17) is 11.5 Å². The molecule has 0 aliphatic carbocycles. The summed E-state index contributed by atoms with van der Waals surface area (Å²) < 4.78 is 29.2. The van der Waals surface area contributed by atoms with Gasteiger partial charge in [0.15, 0.2) is 10.7 Å². The van der Waals surface area contributed by atoms with Crippen LogP contribution < -0.4 is 27.4 Å². The number of allylic oxidation sites excluding steroid dienone is 1. The summed E-state index contributed by atoms with van der Waals surface area (Å²) in [5, 5.41) is 41.2. The van der Waals surface area contributed by atoms with Gasteiger partial charge >= 0.3 is 5.97 Å². The summed E-state index contributed by atoms with van der Waals surface area (Å²) in [6, 6.07) is 3.91. The zero-order chi connectivity index (χ0) is 51.7. The van der Waals surface area contributed by atoms with Crippen molar-refractivity contribution in [2.45, 2.75) is 146 Å². The number of nitrogens with two attached hydrogens (primary N) is 2. The number of aromatic hydroxyl groups is 1. The first-order valence-corrected chi connectivity index (χ1v) is 25.8. The Morgan fingerprint density at radius 1 is 0.971 bits per heavy atom. The molecule has 1 fully saturated rings. The minimum atomic E-state index is -4.45. The molecule has 21 heteroatoms. The van der Waals surface area contributed by atoms with Crippen LogP contribution in [0.15, 0.2) is 59.5 Å². The largest absolute Gasteiger partial charge is 0.508 e. The Kier molecular flexibility index (Phi) is 21.9. The van der Waals surface area contributed by atoms with E-state index in [2.05, 4.69) is 16.0 Å². The number of phenols is 1. The molecule has 4 amide bonds. The Morgan fingerprint density at radius 3 is 2.37 bits per heavy atom. The third-order valence-electron chi connectivity index (χ3n) is 13.0. The smallest absolute Gasteiger partial charge is 0.306 e. The Hall–Kier alpha value is -5.77. The van der Waals surface area contributed by atoms with Gasteiger partial charge in [-0.3, -0.25) is 38.9 Å². The number of nitro benzene ring substituents is 1. The van der Waals surface area contributed by atoms with E-state index in [1.165, 1.54) is 23.1 Å². The second kappa shape index (κ2) is 27.0. The van der Waals surface area contributed by atoms with Crippen LogP contribution >= 0.6 is 0 Å². The SMILES string of the molecule is CCC(C)[C@H](NC(=O)[C@@H]1Cc2ccc(O)c(c2)CC=CCN(S(=O)(=O)c2ccccc2[N+](=O)[O-])CCCC[C@H](N)C(=O)N[C@@H](CCCCN)C(=O)N2CCC[C@H]2C(=O)N1)C(=O)C[C@@H](CC(C)C)C(=O)O. The van der Waals surface area contributed by atoms with E-state index in [0.29, 0.717) is 43.4 Å². The zero-order valence-corrected chi connectivity index (χ0v) is 41.5. The number of aliphatic carboxylic acids is 1. The van der Waals surface area contributed by atoms with E-state index in [1.807, 2.05) is 20.8 Å². The maximum Gasteiger partial charge on any atom is 0.306 e. The van der Waals surface area contributed by atoms with E-state index in [9.17, 15) is 57.5 Å². The quantitative estimate of drug-likeness (QED) is 0.0517. The van der Waals surface area contributed by atoms with Crippen LogP contribution in [0.5, 0.6) is 5.75 Å². The van der Waals surface area contributed by atoms with Gasteiger partial charge in [0, 0.05) is 38.5 Å². The normalized spacial score (nSPS) is 21.8. The molecule has 70 heavy (non-hydrogen) atoms. The first-order valence-electron chi connectivity index (χ1n) is 24.3. The number of nitrogens with one attached hydrogen (secondary N) is 3. The Bertz CT molecular complexity index is 2310. The molecule has 9 N–H and O–H groups in total. The molecule has 2 aliphatic rings. The molecule has 0 saturated carbocycles. The van der Waals surface area contributed by atoms with Gasteiger partial charge in [0.2, 0.25) is 33.7 Å². The second-order valence-electron chi connectivity index (χ2n) is 18.8. The van der Waals surface area contributed by atoms with Crippen molar-refractivity contribution < 1.29 is 52.3 Å². The van der Waals surface area contributed by atoms with Crippen molar-refractivity contribution in [2.75, 3.05) is 26.2 Å². The average molecular weight is 997 g/mol. The molecule has 1 saturated heterocycles. The van der Waals surface area contributed by atoms with Crippen LogP contribution in [0.4, 0.5) is 5.69 Å². The summed E-state index contributed by atoms with van der Waals surface area (Å²) in [6.07, 6.45) is 5.90. The summed E-state index contributed by atoms with van der Waals surface area (Å²) >= 11 is 0. The van der Waals surface area contributed by atoms with E-state index < -0.39 is 103 Å². The number of ketones is 1. The molecular weight excluding hydrogens is 925 g/mol. The minimum absolute atomic E-state index is 0.0139. The van der Waals surface area contributed by atoms with E-state index in [1.54, 1.807) is 31.2 Å². The zero-order valence-electron chi connectivity index (χ0n) is 40.7. The fourth-order valence-corrected chi connectivity index (χ4v) is 10.5. The lowest BCUT2D eigenvalue weighted by atomic mass is 9.86. The summed E-state index contributed by atoms with van der Waals surface area (Å²) in [7, 11) is -4.45. The Morgan fingerprint density at radius 2 is 1.70 bits per heavy atom. The number of carbonyl (C=O) groups is 6. The summed E-state index contributed by atoms with van der Waals surface area (Å²) in [5.74, 6) is -5.69. The van der Waals surface area contributed by atoms with Gasteiger partial charge < -0.3 is 42.5 Å². The maximum atomic E-state index is 14.5. The first-order chi connectivity index (χ1) is 33.2. The van der Waals surface area contributed by atoms with Crippen LogP contribution in [0.3, 0.4) is 0 Å². The highest BCUT2D eigenvalue weighted by atomic mass is 32.2. The number of unbranched alkanes of at least 4 members (excludes halogenated alkanes) is 1. The van der Waals surface area contributed by atoms with Gasteiger partial charge in [-0.2, -0.15) is 4.31 Å². The van der Waals surface area contributed by atoms with Crippen molar-refractivity contribution in [1.82, 2.24) is 25.2 Å². The van der Waals surface area contributed by atoms with Crippen LogP contribution in [-0.2, 0) is 51.6 Å². The van der Waals surface area contributed by atoms with E-state index in [-0.39, 0.29) is 89.1 Å². The first kappa shape index (κ1) is 56.8. The number of rotatable bonds is 17. The molecule has 0 aromatic heterocycles. The Balaban J connectivity index is 1.77. The highest BCUT2D eigenvalue weighted by Crippen LogP contribution is 2.28. The maximum absolute atomic E-state index is 14.5. The second-order valence-corrected chi connectivity index (χ2v) is 20.7. The molecule has 2 heterocycles. The van der Waals surface area contributed by atoms with Gasteiger partial charge in [-0.15, -0.1) is 0 Å². The number of hydrogen-bond acceptors (Lipinski definition) is 13. The lowest BCUT2D eigenvalue weighted by molar-refractivity contribution is -0.387. The molecule has 2 bridgehead atoms. The number of sulfonamides is 1. The molecule has 2 aromatic carbocycles. The standard InChI is InChI=1S/C49H72N8O12S/c1-5-32(4)44(42(59)30-35(49(64)65)27-31(2)3)54-46(61)38-29-33-21-22-41(58)34(28-33)15-9-12-24-55(70(68,69)43-20-7-6-18-39(43)57(66)67)25-13-10-16-36(51)45(60)52-37(17-8-11-23-50)48(63)56-26-14-19-40(56)47(62)53-38/h6-7,9,12,18,20-22,28,31-32,35-38,40,44,58H,5,8,10-11,13-17,19,23-27,29-30,50-51H2,1-4H3,(H,52,60)(H,53,62)(H,54,61)(H,64,65)/t32?,35-,36+,37+,38+,40+,44+/m1/s1. The van der Waals surface area contributed by atoms with Crippen LogP contribution in [0.25, 0.3) is 0 Å². The predicted octanol–water partition coefficient (Wildman–Crippen LogP) is 3.47. The number of nitro groups is 1. The molecule has 0 radical (unpaired) electrons. The Labute approximate surface area is 410 Å². The fraction of sp³-hybridized carbons (Fsp3) is 0.592. The monoisotopic (exact) mass is 996 g/mol. The summed E-state index contributed by atoms with van der Waals surface area (Å²) in [4.78, 5) is 95.0. The third kappa shape index (κ3) is 15.9. The molecule has 0 spiro atoms. The van der Waals surface area contributed by atoms with Crippen LogP contribution in [0.2, 0.25) is 0 Å². The fourth-order valence-electron chi connectivity index (χ4n) is 8.88. The van der Waals surface area contributed by atoms with Gasteiger partial charge in [0.05, 0.1) is 22.9 Å². The lowest BCUT2D eigenvalue weighted by Crippen LogP contribution is -2.59. The average Bonchev–Trinajstić information content (AvgIpc) is 3.82. The van der Waals surface area contributed by atoms with Gasteiger partial charge in [0.25, 0.3) is 5.69 Å². The van der Waals surface area contributed by atoms with Gasteiger partial charge in [-0.1, -0.05) is 77.0 Å². The molecule has 386 valence electrons. The highest BCUT2D eigenvalue weighted by molar-refractivity contribution is 7.89. The lowest BCUT2D eigenvalue weighted by Gasteiger charge is -2.31. The number of carbonyl (C=O) groups excluding carboxylic acids is 5. The van der Waals surface area contributed by atoms with Crippen molar-refractivity contribution in [1.29, 1.82) is 0 Å². The number of carboxylic acids is 1. The van der Waals surface area contributed by atoms with Crippen LogP contribution in [0.1, 0.15) is 109 Å². The number of phenolic OH excluding ortho intramolecular Hbond substituents is 1. The van der Waals surface area contributed by atoms with Crippen molar-refractivity contribution in [3.8, 4) is 5.75 Å². The topological polar surface area (TPSA) is 315 Å². The number of para-hydroxylation sites is 1. The molecule has 1 unspecified atom stereocenters. The van der Waals surface area contributed by atoms with Crippen molar-refractivity contribution in [2.24, 2.45) is 29.2 Å². The number of fused-ring (bicyclic) bond motifs is 3. The van der Waals surface area contributed by atoms with Gasteiger partial charge in [0.1, 0.15) is 23.9 Å². The van der Waals surface area contributed by atoms with Crippen LogP contribution in [0, 0.1) is 27.9 Å². The molecule has 20 nitrogen and oxygen atoms in total. The molecular formula is C49H72N8O12S. The third-order valence-corrected chi connectivity index (χ3v) is 14.9. The van der Waals surface area contributed by atoms with Gasteiger partial charge in [-0.25, -0.2) is 8.42 Å². The minimum Gasteiger partial charge on any atom is -0.508 e.